The van der Waals surface area contributed by atoms with Crippen LogP contribution < -0.4 is 10.9 Å². The summed E-state index contributed by atoms with van der Waals surface area (Å²) in [6.07, 6.45) is -3.82. The maximum Gasteiger partial charge on any atom is 0.417 e. The second-order valence-electron chi connectivity index (χ2n) is 6.39. The molecule has 1 aliphatic heterocycles. The van der Waals surface area contributed by atoms with E-state index in [-0.39, 0.29) is 17.6 Å². The normalized spacial score (nSPS) is 15.3. The number of halogens is 3. The number of hydrogen-bond donors (Lipinski definition) is 2. The Bertz CT molecular complexity index is 914. The first-order valence-corrected chi connectivity index (χ1v) is 8.58. The van der Waals surface area contributed by atoms with Gasteiger partial charge in [-0.3, -0.25) is 14.4 Å². The van der Waals surface area contributed by atoms with Crippen molar-refractivity contribution in [1.82, 2.24) is 20.4 Å². The number of aromatic amines is 1. The fraction of sp³-hybridized carbons (Fsp3) is 0.333. The van der Waals surface area contributed by atoms with Gasteiger partial charge in [0, 0.05) is 25.2 Å². The molecule has 2 N–H and O–H groups in total. The summed E-state index contributed by atoms with van der Waals surface area (Å²) in [5.41, 5.74) is -1.73. The number of nitrogens with zero attached hydrogens (tertiary/aromatic N) is 2. The predicted octanol–water partition coefficient (Wildman–Crippen LogP) is 1.82. The number of benzene rings is 1. The van der Waals surface area contributed by atoms with Crippen molar-refractivity contribution in [3.8, 4) is 0 Å². The smallest absolute Gasteiger partial charge is 0.349 e. The molecule has 10 heteroatoms. The predicted molar refractivity (Wildman–Crippen MR) is 92.7 cm³/mol. The Morgan fingerprint density at radius 1 is 1.11 bits per heavy atom. The molecule has 3 rings (SSSR count). The Morgan fingerprint density at radius 3 is 2.39 bits per heavy atom. The minimum absolute atomic E-state index is 0.0983. The largest absolute Gasteiger partial charge is 0.417 e. The standard InChI is InChI=1S/C18H17F3N4O3/c19-18(20,21)13-4-2-1-3-12(13)16(27)22-11-7-9-25(10-8-11)17(28)14-5-6-15(26)24-23-14/h1-6,11H,7-10H2,(H,22,27)(H,24,26). The number of amides is 2. The second kappa shape index (κ2) is 7.83. The topological polar surface area (TPSA) is 95.2 Å². The van der Waals surface area contributed by atoms with Gasteiger partial charge in [0.2, 0.25) is 0 Å². The van der Waals surface area contributed by atoms with Crippen molar-refractivity contribution in [1.29, 1.82) is 0 Å². The molecular weight excluding hydrogens is 377 g/mol. The Morgan fingerprint density at radius 2 is 1.79 bits per heavy atom. The zero-order valence-corrected chi connectivity index (χ0v) is 14.6. The zero-order valence-electron chi connectivity index (χ0n) is 14.6. The molecule has 2 aromatic rings. The molecule has 1 aliphatic rings. The number of aromatic nitrogens is 2. The van der Waals surface area contributed by atoms with Crippen molar-refractivity contribution in [3.63, 3.8) is 0 Å². The highest BCUT2D eigenvalue weighted by molar-refractivity contribution is 5.96. The third-order valence-corrected chi connectivity index (χ3v) is 4.49. The van der Waals surface area contributed by atoms with Crippen molar-refractivity contribution in [2.45, 2.75) is 25.1 Å². The lowest BCUT2D eigenvalue weighted by Gasteiger charge is -2.32. The average Bonchev–Trinajstić information content (AvgIpc) is 2.68. The van der Waals surface area contributed by atoms with Crippen molar-refractivity contribution in [2.24, 2.45) is 0 Å². The summed E-state index contributed by atoms with van der Waals surface area (Å²) < 4.78 is 39.2. The van der Waals surface area contributed by atoms with Crippen molar-refractivity contribution < 1.29 is 22.8 Å². The molecule has 1 aromatic carbocycles. The number of piperidine rings is 1. The highest BCUT2D eigenvalue weighted by Crippen LogP contribution is 2.31. The molecule has 0 saturated carbocycles. The maximum atomic E-state index is 13.1. The fourth-order valence-electron chi connectivity index (χ4n) is 3.04. The van der Waals surface area contributed by atoms with Crippen molar-refractivity contribution in [2.75, 3.05) is 13.1 Å². The van der Waals surface area contributed by atoms with Gasteiger partial charge < -0.3 is 10.2 Å². The van der Waals surface area contributed by atoms with E-state index in [9.17, 15) is 27.6 Å². The first-order valence-electron chi connectivity index (χ1n) is 8.58. The lowest BCUT2D eigenvalue weighted by atomic mass is 10.0. The van der Waals surface area contributed by atoms with Gasteiger partial charge in [0.25, 0.3) is 17.4 Å². The molecule has 148 valence electrons. The van der Waals surface area contributed by atoms with Gasteiger partial charge in [0.05, 0.1) is 11.1 Å². The first-order chi connectivity index (χ1) is 13.3. The van der Waals surface area contributed by atoms with Gasteiger partial charge in [-0.25, -0.2) is 5.10 Å². The van der Waals surface area contributed by atoms with Crippen LogP contribution in [-0.4, -0.2) is 46.0 Å². The monoisotopic (exact) mass is 394 g/mol. The Kier molecular flexibility index (Phi) is 5.48. The summed E-state index contributed by atoms with van der Waals surface area (Å²) in [5, 5.41) is 8.49. The number of carbonyl (C=O) groups excluding carboxylic acids is 2. The van der Waals surface area contributed by atoms with Gasteiger partial charge in [0.15, 0.2) is 0 Å². The van der Waals surface area contributed by atoms with Gasteiger partial charge in [-0.05, 0) is 31.0 Å². The van der Waals surface area contributed by atoms with E-state index in [4.69, 9.17) is 0 Å². The molecule has 0 unspecified atom stereocenters. The SMILES string of the molecule is O=C(NC1CCN(C(=O)c2ccc(=O)[nH]n2)CC1)c1ccccc1C(F)(F)F. The van der Waals surface area contributed by atoms with Gasteiger partial charge in [-0.15, -0.1) is 0 Å². The van der Waals surface area contributed by atoms with Crippen LogP contribution in [0.25, 0.3) is 0 Å². The first kappa shape index (κ1) is 19.6. The molecule has 2 amide bonds. The maximum absolute atomic E-state index is 13.1. The summed E-state index contributed by atoms with van der Waals surface area (Å²) >= 11 is 0. The van der Waals surface area contributed by atoms with Crippen LogP contribution in [-0.2, 0) is 6.18 Å². The van der Waals surface area contributed by atoms with Gasteiger partial charge >= 0.3 is 6.18 Å². The van der Waals surface area contributed by atoms with Crippen LogP contribution in [0.4, 0.5) is 13.2 Å². The summed E-state index contributed by atoms with van der Waals surface area (Å²) in [4.78, 5) is 37.2. The molecule has 0 aliphatic carbocycles. The molecule has 2 heterocycles. The van der Waals surface area contributed by atoms with Crippen LogP contribution in [0.5, 0.6) is 0 Å². The van der Waals surface area contributed by atoms with E-state index in [0.717, 1.165) is 12.1 Å². The summed E-state index contributed by atoms with van der Waals surface area (Å²) in [6.45, 7) is 0.622. The lowest BCUT2D eigenvalue weighted by molar-refractivity contribution is -0.137. The van der Waals surface area contributed by atoms with Crippen LogP contribution in [0.2, 0.25) is 0 Å². The summed E-state index contributed by atoms with van der Waals surface area (Å²) in [5.74, 6) is -1.15. The average molecular weight is 394 g/mol. The number of carbonyl (C=O) groups is 2. The van der Waals surface area contributed by atoms with Crippen LogP contribution in [0.3, 0.4) is 0 Å². The van der Waals surface area contributed by atoms with Crippen LogP contribution >= 0.6 is 0 Å². The molecule has 0 radical (unpaired) electrons. The number of likely N-dealkylation sites (tertiary alicyclic amines) is 1. The fourth-order valence-corrected chi connectivity index (χ4v) is 3.04. The lowest BCUT2D eigenvalue weighted by Crippen LogP contribution is -2.47. The molecule has 1 saturated heterocycles. The molecule has 0 bridgehead atoms. The van der Waals surface area contributed by atoms with Gasteiger partial charge in [0.1, 0.15) is 5.69 Å². The number of hydrogen-bond acceptors (Lipinski definition) is 4. The van der Waals surface area contributed by atoms with E-state index < -0.39 is 28.8 Å². The molecular formula is C18H17F3N4O3. The molecule has 0 spiro atoms. The van der Waals surface area contributed by atoms with Crippen molar-refractivity contribution >= 4 is 11.8 Å². The quantitative estimate of drug-likeness (QED) is 0.830. The van der Waals surface area contributed by atoms with E-state index in [0.29, 0.717) is 25.9 Å². The van der Waals surface area contributed by atoms with Crippen LogP contribution in [0, 0.1) is 0 Å². The van der Waals surface area contributed by atoms with Gasteiger partial charge in [-0.1, -0.05) is 12.1 Å². The molecule has 7 nitrogen and oxygen atoms in total. The highest BCUT2D eigenvalue weighted by atomic mass is 19.4. The molecule has 1 fully saturated rings. The molecule has 1 aromatic heterocycles. The van der Waals surface area contributed by atoms with Crippen LogP contribution in [0.15, 0.2) is 41.2 Å². The second-order valence-corrected chi connectivity index (χ2v) is 6.39. The van der Waals surface area contributed by atoms with E-state index in [1.165, 1.54) is 29.2 Å². The number of rotatable bonds is 3. The minimum Gasteiger partial charge on any atom is -0.349 e. The number of alkyl halides is 3. The van der Waals surface area contributed by atoms with Crippen molar-refractivity contribution in [3.05, 3.63) is 63.6 Å². The van der Waals surface area contributed by atoms with E-state index in [1.54, 1.807) is 0 Å². The third-order valence-electron chi connectivity index (χ3n) is 4.49. The van der Waals surface area contributed by atoms with Crippen LogP contribution in [0.1, 0.15) is 39.3 Å². The zero-order chi connectivity index (χ0) is 20.3. The summed E-state index contributed by atoms with van der Waals surface area (Å²) in [7, 11) is 0. The summed E-state index contributed by atoms with van der Waals surface area (Å²) in [6, 6.07) is 6.79. The van der Waals surface area contributed by atoms with Gasteiger partial charge in [-0.2, -0.15) is 18.3 Å². The van der Waals surface area contributed by atoms with E-state index >= 15 is 0 Å². The Balaban J connectivity index is 1.60. The third kappa shape index (κ3) is 4.38. The van der Waals surface area contributed by atoms with E-state index in [1.807, 2.05) is 0 Å². The highest BCUT2D eigenvalue weighted by Gasteiger charge is 2.35. The Hall–Kier alpha value is -3.17. The number of nitrogens with one attached hydrogen (secondary N) is 2. The van der Waals surface area contributed by atoms with E-state index in [2.05, 4.69) is 15.5 Å². The molecule has 28 heavy (non-hydrogen) atoms. The molecule has 0 atom stereocenters. The Labute approximate surface area is 157 Å². The minimum atomic E-state index is -4.62. The number of H-pyrrole nitrogens is 1.